The maximum atomic E-state index is 9.19. The highest BCUT2D eigenvalue weighted by atomic mass is 32.2. The Labute approximate surface area is 233 Å². The number of hydrogen-bond donors (Lipinski definition) is 2. The van der Waals surface area contributed by atoms with Crippen LogP contribution < -0.4 is 4.74 Å². The summed E-state index contributed by atoms with van der Waals surface area (Å²) in [6.07, 6.45) is 2.59. The minimum Gasteiger partial charge on any atom is -0.493 e. The number of aryl methyl sites for hydroxylation is 2. The quantitative estimate of drug-likeness (QED) is 0.327. The van der Waals surface area contributed by atoms with Crippen LogP contribution in [0.5, 0.6) is 5.75 Å². The minimum atomic E-state index is -3.67. The Kier molecular flexibility index (Phi) is 11.3. The summed E-state index contributed by atoms with van der Waals surface area (Å²) in [6.45, 7) is 8.57. The highest BCUT2D eigenvalue weighted by Gasteiger charge is 2.20. The molecule has 0 bridgehead atoms. The Morgan fingerprint density at radius 3 is 2.39 bits per heavy atom. The first kappa shape index (κ1) is 31.7. The Morgan fingerprint density at radius 2 is 1.82 bits per heavy atom. The Hall–Kier alpha value is -2.49. The molecule has 0 atom stereocenters. The van der Waals surface area contributed by atoms with Gasteiger partial charge in [-0.15, -0.1) is 0 Å². The summed E-state index contributed by atoms with van der Waals surface area (Å²) in [5.41, 5.74) is 4.65. The fourth-order valence-corrected chi connectivity index (χ4v) is 4.75. The van der Waals surface area contributed by atoms with Crippen LogP contribution in [0.4, 0.5) is 0 Å². The van der Waals surface area contributed by atoms with E-state index >= 15 is 0 Å². The average molecular weight is 585 g/mol. The van der Waals surface area contributed by atoms with Crippen molar-refractivity contribution in [2.24, 2.45) is 7.05 Å². The number of aromatic nitrogens is 4. The van der Waals surface area contributed by atoms with Crippen molar-refractivity contribution in [3.63, 3.8) is 0 Å². The molecule has 4 N–H and O–H groups in total. The zero-order valence-electron chi connectivity index (χ0n) is 22.3. The van der Waals surface area contributed by atoms with Crippen LogP contribution in [-0.4, -0.2) is 99.1 Å². The van der Waals surface area contributed by atoms with E-state index in [1.807, 2.05) is 30.8 Å². The third kappa shape index (κ3) is 8.01. The Balaban J connectivity index is 0.000000774. The van der Waals surface area contributed by atoms with Crippen molar-refractivity contribution in [2.75, 3.05) is 46.1 Å². The molecule has 3 heterocycles. The lowest BCUT2D eigenvalue weighted by Crippen LogP contribution is -2.46. The van der Waals surface area contributed by atoms with E-state index in [-0.39, 0.29) is 5.48 Å². The van der Waals surface area contributed by atoms with Crippen LogP contribution in [0.3, 0.4) is 0 Å². The molecule has 0 aliphatic carbocycles. The molecule has 0 radical (unpaired) electrons. The Bertz CT molecular complexity index is 1420. The zero-order valence-corrected chi connectivity index (χ0v) is 24.8. The van der Waals surface area contributed by atoms with Crippen molar-refractivity contribution >= 4 is 50.6 Å². The third-order valence-electron chi connectivity index (χ3n) is 5.84. The van der Waals surface area contributed by atoms with Crippen LogP contribution in [-0.2, 0) is 23.6 Å². The summed E-state index contributed by atoms with van der Waals surface area (Å²) in [4.78, 5) is 13.7. The number of nitrogens with one attached hydrogen (secondary N) is 1. The first-order chi connectivity index (χ1) is 17.4. The van der Waals surface area contributed by atoms with Crippen LogP contribution >= 0.6 is 24.4 Å². The Morgan fingerprint density at radius 1 is 1.18 bits per heavy atom. The van der Waals surface area contributed by atoms with Gasteiger partial charge in [-0.1, -0.05) is 37.8 Å². The van der Waals surface area contributed by atoms with Gasteiger partial charge in [0.05, 0.1) is 29.6 Å². The fraction of sp³-hybridized carbons (Fsp3) is 0.500. The molecule has 1 aromatic carbocycles. The molecule has 0 spiro atoms. The molecule has 38 heavy (non-hydrogen) atoms. The number of H-pyrrole nitrogens is 1. The monoisotopic (exact) mass is 584 g/mol. The topological polar surface area (TPSA) is 148 Å². The number of ether oxygens (including phenoxy) is 1. The molecular weight excluding hydrogens is 549 g/mol. The standard InChI is InChI=1S/C23H30N6OS2.CH4O3S.H2O/c1-5-7-17-19-20(28(4)26-17)22(31)25-21(24-19)16-14-15(8-9-18(16)30-6-2)23(32)29-12-10-27(3)11-13-29;1-5(2,3)4;/h8-9,14H,5-7,10-13H2,1-4H3,(H,24,25,31);1H3,(H,2,3,4);1H2. The van der Waals surface area contributed by atoms with Crippen LogP contribution in [0.15, 0.2) is 18.2 Å². The van der Waals surface area contributed by atoms with Gasteiger partial charge in [-0.25, -0.2) is 4.98 Å². The van der Waals surface area contributed by atoms with Crippen molar-refractivity contribution in [3.05, 3.63) is 34.1 Å². The van der Waals surface area contributed by atoms with E-state index in [1.54, 1.807) is 0 Å². The van der Waals surface area contributed by atoms with Crippen LogP contribution in [0.25, 0.3) is 22.4 Å². The molecule has 210 valence electrons. The van der Waals surface area contributed by atoms with Gasteiger partial charge in [0.2, 0.25) is 0 Å². The summed E-state index contributed by atoms with van der Waals surface area (Å²) >= 11 is 11.5. The minimum absolute atomic E-state index is 0. The zero-order chi connectivity index (χ0) is 27.3. The second-order valence-electron chi connectivity index (χ2n) is 8.91. The summed E-state index contributed by atoms with van der Waals surface area (Å²) < 4.78 is 34.2. The fourth-order valence-electron chi connectivity index (χ4n) is 4.12. The lowest BCUT2D eigenvalue weighted by atomic mass is 10.1. The van der Waals surface area contributed by atoms with Crippen LogP contribution in [0.2, 0.25) is 0 Å². The molecule has 0 unspecified atom stereocenters. The SMILES string of the molecule is CCCc1nn(C)c2c(=S)nc(-c3cc(C(=S)N4CCN(C)CC4)ccc3OCC)[nH]c12.CS(=O)(=O)O.O. The first-order valence-corrected chi connectivity index (χ1v) is 14.7. The van der Waals surface area contributed by atoms with Crippen molar-refractivity contribution in [1.82, 2.24) is 29.5 Å². The molecule has 4 rings (SSSR count). The van der Waals surface area contributed by atoms with E-state index in [0.29, 0.717) is 23.3 Å². The molecule has 0 saturated carbocycles. The summed E-state index contributed by atoms with van der Waals surface area (Å²) in [7, 11) is 0.387. The van der Waals surface area contributed by atoms with E-state index in [9.17, 15) is 8.42 Å². The van der Waals surface area contributed by atoms with Gasteiger partial charge in [0.1, 0.15) is 22.1 Å². The average Bonchev–Trinajstić information content (AvgIpc) is 3.14. The molecule has 1 aliphatic heterocycles. The molecule has 1 saturated heterocycles. The molecule has 1 fully saturated rings. The first-order valence-electron chi connectivity index (χ1n) is 12.1. The van der Waals surface area contributed by atoms with E-state index in [0.717, 1.165) is 77.6 Å². The van der Waals surface area contributed by atoms with Crippen molar-refractivity contribution < 1.29 is 23.2 Å². The number of rotatable bonds is 6. The van der Waals surface area contributed by atoms with E-state index in [4.69, 9.17) is 38.7 Å². The van der Waals surface area contributed by atoms with Crippen LogP contribution in [0, 0.1) is 4.64 Å². The lowest BCUT2D eigenvalue weighted by molar-refractivity contribution is 0.218. The lowest BCUT2D eigenvalue weighted by Gasteiger charge is -2.34. The van der Waals surface area contributed by atoms with Crippen molar-refractivity contribution in [2.45, 2.75) is 26.7 Å². The van der Waals surface area contributed by atoms with Gasteiger partial charge < -0.3 is 25.0 Å². The van der Waals surface area contributed by atoms with E-state index in [1.165, 1.54) is 0 Å². The maximum absolute atomic E-state index is 9.19. The predicted octanol–water partition coefficient (Wildman–Crippen LogP) is 2.65. The molecule has 11 nitrogen and oxygen atoms in total. The number of thiocarbonyl (C=S) groups is 1. The summed E-state index contributed by atoms with van der Waals surface area (Å²) in [5, 5.41) is 4.66. The third-order valence-corrected chi connectivity index (χ3v) is 6.62. The van der Waals surface area contributed by atoms with Gasteiger partial charge in [-0.05, 0) is 38.6 Å². The van der Waals surface area contributed by atoms with Gasteiger partial charge >= 0.3 is 0 Å². The van der Waals surface area contributed by atoms with Crippen molar-refractivity contribution in [3.8, 4) is 17.1 Å². The highest BCUT2D eigenvalue weighted by Crippen LogP contribution is 2.31. The number of aromatic amines is 1. The molecule has 0 amide bonds. The maximum Gasteiger partial charge on any atom is 0.261 e. The van der Waals surface area contributed by atoms with Crippen molar-refractivity contribution in [1.29, 1.82) is 0 Å². The van der Waals surface area contributed by atoms with Crippen LogP contribution in [0.1, 0.15) is 31.5 Å². The number of nitrogens with zero attached hydrogens (tertiary/aromatic N) is 5. The predicted molar refractivity (Wildman–Crippen MR) is 156 cm³/mol. The molecule has 3 aromatic rings. The number of likely N-dealkylation sites (N-methyl/N-ethyl adjacent to an activating group) is 1. The van der Waals surface area contributed by atoms with Gasteiger partial charge in [-0.2, -0.15) is 13.5 Å². The van der Waals surface area contributed by atoms with E-state index < -0.39 is 10.1 Å². The second-order valence-corrected chi connectivity index (χ2v) is 11.1. The smallest absolute Gasteiger partial charge is 0.261 e. The normalized spacial score (nSPS) is 14.0. The number of benzene rings is 1. The number of fused-ring (bicyclic) bond motifs is 1. The van der Waals surface area contributed by atoms with Gasteiger partial charge in [-0.3, -0.25) is 9.23 Å². The second kappa shape index (κ2) is 13.5. The molecule has 2 aromatic heterocycles. The summed E-state index contributed by atoms with van der Waals surface area (Å²) in [5.74, 6) is 1.44. The number of piperazine rings is 1. The number of hydrogen-bond acceptors (Lipinski definition) is 8. The largest absolute Gasteiger partial charge is 0.493 e. The molecular formula is C24H36N6O5S3. The molecule has 14 heteroatoms. The highest BCUT2D eigenvalue weighted by molar-refractivity contribution is 7.85. The van der Waals surface area contributed by atoms with Gasteiger partial charge in [0, 0.05) is 38.8 Å². The van der Waals surface area contributed by atoms with E-state index in [2.05, 4.69) is 39.9 Å². The van der Waals surface area contributed by atoms with Gasteiger partial charge in [0.15, 0.2) is 4.64 Å². The molecule has 1 aliphatic rings. The summed E-state index contributed by atoms with van der Waals surface area (Å²) in [6, 6.07) is 6.09. The van der Waals surface area contributed by atoms with Gasteiger partial charge in [0.25, 0.3) is 10.1 Å².